The fourth-order valence-corrected chi connectivity index (χ4v) is 4.03. The molecule has 1 unspecified atom stereocenters. The zero-order chi connectivity index (χ0) is 15.2. The maximum absolute atomic E-state index is 7.12. The molecular formula is C21H17Cl. The van der Waals surface area contributed by atoms with Crippen molar-refractivity contribution in [2.24, 2.45) is 0 Å². The average molecular weight is 305 g/mol. The van der Waals surface area contributed by atoms with Gasteiger partial charge in [-0.3, -0.25) is 0 Å². The van der Waals surface area contributed by atoms with Crippen LogP contribution >= 0.6 is 11.6 Å². The van der Waals surface area contributed by atoms with Gasteiger partial charge in [-0.05, 0) is 34.7 Å². The van der Waals surface area contributed by atoms with Crippen LogP contribution in [0.5, 0.6) is 0 Å². The normalized spacial score (nSPS) is 15.9. The number of hydrogen-bond acceptors (Lipinski definition) is 0. The van der Waals surface area contributed by atoms with E-state index in [2.05, 4.69) is 79.7 Å². The van der Waals surface area contributed by atoms with Gasteiger partial charge in [0, 0.05) is 5.92 Å². The Morgan fingerprint density at radius 1 is 0.682 bits per heavy atom. The molecule has 0 saturated heterocycles. The number of halogens is 1. The standard InChI is InChI=1S/C21H17Cl/c1-21(22,15-9-3-2-4-10-15)20-18-13-7-5-11-16(18)17-12-6-8-14-19(17)20/h2-14,20H,1H3. The molecule has 0 radical (unpaired) electrons. The van der Waals surface area contributed by atoms with Crippen molar-refractivity contribution < 1.29 is 0 Å². The molecule has 0 heterocycles. The van der Waals surface area contributed by atoms with Gasteiger partial charge in [0.15, 0.2) is 0 Å². The number of fused-ring (bicyclic) bond motifs is 3. The highest BCUT2D eigenvalue weighted by Crippen LogP contribution is 2.55. The molecule has 0 spiro atoms. The van der Waals surface area contributed by atoms with E-state index in [0.717, 1.165) is 5.56 Å². The van der Waals surface area contributed by atoms with Crippen LogP contribution in [0.3, 0.4) is 0 Å². The van der Waals surface area contributed by atoms with Crippen molar-refractivity contribution in [1.82, 2.24) is 0 Å². The molecule has 1 heteroatoms. The topological polar surface area (TPSA) is 0 Å². The maximum Gasteiger partial charge on any atom is 0.0776 e. The number of hydrogen-bond donors (Lipinski definition) is 0. The van der Waals surface area contributed by atoms with E-state index in [1.54, 1.807) is 0 Å². The Labute approximate surface area is 136 Å². The molecule has 3 aromatic carbocycles. The van der Waals surface area contributed by atoms with Gasteiger partial charge in [-0.1, -0.05) is 78.9 Å². The summed E-state index contributed by atoms with van der Waals surface area (Å²) in [7, 11) is 0. The average Bonchev–Trinajstić information content (AvgIpc) is 2.91. The summed E-state index contributed by atoms with van der Waals surface area (Å²) in [6.45, 7) is 2.13. The quantitative estimate of drug-likeness (QED) is 0.513. The van der Waals surface area contributed by atoms with Crippen LogP contribution in [0.2, 0.25) is 0 Å². The summed E-state index contributed by atoms with van der Waals surface area (Å²) in [4.78, 5) is -0.468. The second kappa shape index (κ2) is 5.00. The Balaban J connectivity index is 1.96. The van der Waals surface area contributed by atoms with Crippen molar-refractivity contribution in [3.05, 3.63) is 95.6 Å². The Hall–Kier alpha value is -2.05. The zero-order valence-electron chi connectivity index (χ0n) is 12.5. The molecule has 0 aliphatic heterocycles. The molecule has 1 aliphatic rings. The molecule has 22 heavy (non-hydrogen) atoms. The lowest BCUT2D eigenvalue weighted by molar-refractivity contribution is 0.595. The largest absolute Gasteiger partial charge is 0.113 e. The predicted octanol–water partition coefficient (Wildman–Crippen LogP) is 5.95. The lowest BCUT2D eigenvalue weighted by Gasteiger charge is -2.31. The first kappa shape index (κ1) is 13.6. The molecule has 0 amide bonds. The van der Waals surface area contributed by atoms with Gasteiger partial charge in [-0.15, -0.1) is 11.6 Å². The van der Waals surface area contributed by atoms with Gasteiger partial charge in [-0.2, -0.15) is 0 Å². The van der Waals surface area contributed by atoms with Crippen LogP contribution in [0.15, 0.2) is 78.9 Å². The number of alkyl halides is 1. The first-order chi connectivity index (χ1) is 10.7. The molecular weight excluding hydrogens is 288 g/mol. The monoisotopic (exact) mass is 304 g/mol. The highest BCUT2D eigenvalue weighted by atomic mass is 35.5. The minimum Gasteiger partial charge on any atom is -0.113 e. The summed E-state index contributed by atoms with van der Waals surface area (Å²) in [5.41, 5.74) is 6.43. The van der Waals surface area contributed by atoms with E-state index < -0.39 is 4.87 Å². The van der Waals surface area contributed by atoms with Crippen LogP contribution in [0, 0.1) is 0 Å². The van der Waals surface area contributed by atoms with Gasteiger partial charge >= 0.3 is 0 Å². The third-order valence-corrected chi connectivity index (χ3v) is 5.15. The molecule has 0 saturated carbocycles. The van der Waals surface area contributed by atoms with Gasteiger partial charge in [0.05, 0.1) is 4.87 Å². The third kappa shape index (κ3) is 1.91. The fourth-order valence-electron chi connectivity index (χ4n) is 3.67. The molecule has 0 nitrogen and oxygen atoms in total. The summed E-state index contributed by atoms with van der Waals surface area (Å²) in [6.07, 6.45) is 0. The lowest BCUT2D eigenvalue weighted by Crippen LogP contribution is -2.23. The van der Waals surface area contributed by atoms with Crippen LogP contribution in [0.4, 0.5) is 0 Å². The molecule has 108 valence electrons. The third-order valence-electron chi connectivity index (χ3n) is 4.71. The summed E-state index contributed by atoms with van der Waals surface area (Å²) in [6, 6.07) is 27.6. The first-order valence-electron chi connectivity index (χ1n) is 7.62. The summed E-state index contributed by atoms with van der Waals surface area (Å²) in [5.74, 6) is 0.170. The van der Waals surface area contributed by atoms with Gasteiger partial charge in [0.25, 0.3) is 0 Å². The van der Waals surface area contributed by atoms with Gasteiger partial charge < -0.3 is 0 Å². The first-order valence-corrected chi connectivity index (χ1v) is 8.00. The van der Waals surface area contributed by atoms with E-state index in [0.29, 0.717) is 0 Å². The van der Waals surface area contributed by atoms with E-state index in [-0.39, 0.29) is 5.92 Å². The summed E-state index contributed by atoms with van der Waals surface area (Å²) < 4.78 is 0. The molecule has 3 aromatic rings. The van der Waals surface area contributed by atoms with E-state index >= 15 is 0 Å². The van der Waals surface area contributed by atoms with Crippen LogP contribution in [0.1, 0.15) is 29.5 Å². The Morgan fingerprint density at radius 2 is 1.14 bits per heavy atom. The van der Waals surface area contributed by atoms with Crippen LogP contribution < -0.4 is 0 Å². The maximum atomic E-state index is 7.12. The molecule has 1 aliphatic carbocycles. The Bertz CT molecular complexity index is 773. The van der Waals surface area contributed by atoms with Crippen LogP contribution in [-0.2, 0) is 4.87 Å². The van der Waals surface area contributed by atoms with Crippen molar-refractivity contribution in [2.45, 2.75) is 17.7 Å². The Morgan fingerprint density at radius 3 is 1.68 bits per heavy atom. The van der Waals surface area contributed by atoms with Crippen molar-refractivity contribution in [2.75, 3.05) is 0 Å². The second-order valence-electron chi connectivity index (χ2n) is 6.05. The Kier molecular flexibility index (Phi) is 3.09. The van der Waals surface area contributed by atoms with E-state index in [4.69, 9.17) is 11.6 Å². The van der Waals surface area contributed by atoms with Crippen LogP contribution in [0.25, 0.3) is 11.1 Å². The van der Waals surface area contributed by atoms with Gasteiger partial charge in [0.2, 0.25) is 0 Å². The molecule has 0 bridgehead atoms. The van der Waals surface area contributed by atoms with E-state index in [1.807, 2.05) is 6.07 Å². The highest BCUT2D eigenvalue weighted by Gasteiger charge is 2.41. The van der Waals surface area contributed by atoms with Crippen LogP contribution in [-0.4, -0.2) is 0 Å². The zero-order valence-corrected chi connectivity index (χ0v) is 13.2. The molecule has 0 fully saturated rings. The summed E-state index contributed by atoms with van der Waals surface area (Å²) in [5, 5.41) is 0. The van der Waals surface area contributed by atoms with E-state index in [1.165, 1.54) is 22.3 Å². The molecule has 1 atom stereocenters. The molecule has 0 N–H and O–H groups in total. The number of rotatable bonds is 2. The molecule has 4 rings (SSSR count). The summed E-state index contributed by atoms with van der Waals surface area (Å²) >= 11 is 7.12. The highest BCUT2D eigenvalue weighted by molar-refractivity contribution is 6.25. The second-order valence-corrected chi connectivity index (χ2v) is 6.83. The predicted molar refractivity (Wildman–Crippen MR) is 93.4 cm³/mol. The van der Waals surface area contributed by atoms with Crippen molar-refractivity contribution in [3.8, 4) is 11.1 Å². The molecule has 0 aromatic heterocycles. The van der Waals surface area contributed by atoms with Crippen molar-refractivity contribution in [3.63, 3.8) is 0 Å². The van der Waals surface area contributed by atoms with Crippen molar-refractivity contribution in [1.29, 1.82) is 0 Å². The van der Waals surface area contributed by atoms with E-state index in [9.17, 15) is 0 Å². The minimum atomic E-state index is -0.468. The van der Waals surface area contributed by atoms with Gasteiger partial charge in [-0.25, -0.2) is 0 Å². The van der Waals surface area contributed by atoms with Crippen molar-refractivity contribution >= 4 is 11.6 Å². The smallest absolute Gasteiger partial charge is 0.0776 e. The fraction of sp³-hybridized carbons (Fsp3) is 0.143. The SMILES string of the molecule is CC(Cl)(c1ccccc1)C1c2ccccc2-c2ccccc21. The number of benzene rings is 3. The minimum absolute atomic E-state index is 0.170. The lowest BCUT2D eigenvalue weighted by atomic mass is 9.80. The van der Waals surface area contributed by atoms with Gasteiger partial charge in [0.1, 0.15) is 0 Å².